The van der Waals surface area contributed by atoms with E-state index in [-0.39, 0.29) is 0 Å². The van der Waals surface area contributed by atoms with E-state index in [4.69, 9.17) is 10.5 Å². The average Bonchev–Trinajstić information content (AvgIpc) is 2.51. The maximum atomic E-state index is 5.50. The van der Waals surface area contributed by atoms with E-state index in [2.05, 4.69) is 10.2 Å². The summed E-state index contributed by atoms with van der Waals surface area (Å²) in [6.45, 7) is 5.97. The molecule has 1 aromatic rings. The van der Waals surface area contributed by atoms with Crippen molar-refractivity contribution < 1.29 is 4.74 Å². The van der Waals surface area contributed by atoms with Crippen molar-refractivity contribution in [2.45, 2.75) is 25.5 Å². The van der Waals surface area contributed by atoms with Crippen LogP contribution in [0.2, 0.25) is 0 Å². The van der Waals surface area contributed by atoms with E-state index in [0.717, 1.165) is 24.1 Å². The number of aryl methyl sites for hydroxylation is 1. The number of hydrogen-bond acceptors (Lipinski definition) is 5. The molecule has 1 aromatic heterocycles. The molecule has 1 heterocycles. The van der Waals surface area contributed by atoms with E-state index in [1.54, 1.807) is 11.8 Å². The molecule has 0 bridgehead atoms. The summed E-state index contributed by atoms with van der Waals surface area (Å²) in [6, 6.07) is 0. The SMILES string of the molecule is CCOCSc1nnc(C)n1CCN. The Morgan fingerprint density at radius 1 is 1.50 bits per heavy atom. The summed E-state index contributed by atoms with van der Waals surface area (Å²) in [5.41, 5.74) is 5.50. The average molecular weight is 216 g/mol. The summed E-state index contributed by atoms with van der Waals surface area (Å²) in [6.07, 6.45) is 0. The van der Waals surface area contributed by atoms with Gasteiger partial charge in [-0.3, -0.25) is 0 Å². The Hall–Kier alpha value is -0.590. The van der Waals surface area contributed by atoms with Gasteiger partial charge in [-0.2, -0.15) is 0 Å². The fourth-order valence-corrected chi connectivity index (χ4v) is 1.87. The summed E-state index contributed by atoms with van der Waals surface area (Å²) >= 11 is 1.54. The van der Waals surface area contributed by atoms with Gasteiger partial charge in [0.1, 0.15) is 5.82 Å². The molecule has 0 aliphatic heterocycles. The molecule has 0 atom stereocenters. The quantitative estimate of drug-likeness (QED) is 0.429. The van der Waals surface area contributed by atoms with E-state index in [1.165, 1.54) is 0 Å². The Bertz CT molecular complexity index is 276. The van der Waals surface area contributed by atoms with E-state index in [1.807, 2.05) is 18.4 Å². The molecule has 5 nitrogen and oxygen atoms in total. The van der Waals surface area contributed by atoms with Gasteiger partial charge in [0, 0.05) is 19.7 Å². The number of ether oxygens (including phenoxy) is 1. The monoisotopic (exact) mass is 216 g/mol. The third-order valence-electron chi connectivity index (χ3n) is 1.73. The Balaban J connectivity index is 2.56. The molecule has 0 aliphatic carbocycles. The summed E-state index contributed by atoms with van der Waals surface area (Å²) < 4.78 is 7.23. The fourth-order valence-electron chi connectivity index (χ4n) is 1.03. The third kappa shape index (κ3) is 2.97. The second-order valence-electron chi connectivity index (χ2n) is 2.73. The third-order valence-corrected chi connectivity index (χ3v) is 2.57. The van der Waals surface area contributed by atoms with Crippen LogP contribution >= 0.6 is 11.8 Å². The molecule has 0 fully saturated rings. The molecule has 2 N–H and O–H groups in total. The molecule has 0 aromatic carbocycles. The predicted molar refractivity (Wildman–Crippen MR) is 56.2 cm³/mol. The summed E-state index contributed by atoms with van der Waals surface area (Å²) in [5.74, 6) is 1.51. The second kappa shape index (κ2) is 6.00. The summed E-state index contributed by atoms with van der Waals surface area (Å²) in [5, 5.41) is 8.92. The van der Waals surface area contributed by atoms with Gasteiger partial charge < -0.3 is 15.0 Å². The number of nitrogens with two attached hydrogens (primary N) is 1. The topological polar surface area (TPSA) is 66.0 Å². The number of aromatic nitrogens is 3. The van der Waals surface area contributed by atoms with Crippen molar-refractivity contribution in [3.05, 3.63) is 5.82 Å². The zero-order chi connectivity index (χ0) is 10.4. The molecule has 0 radical (unpaired) electrons. The van der Waals surface area contributed by atoms with Crippen molar-refractivity contribution in [1.29, 1.82) is 0 Å². The highest BCUT2D eigenvalue weighted by Crippen LogP contribution is 2.16. The standard InChI is InChI=1S/C8H16N4OS/c1-3-13-6-14-8-11-10-7(2)12(8)5-4-9/h3-6,9H2,1-2H3. The molecule has 0 aliphatic rings. The van der Waals surface area contributed by atoms with Crippen LogP contribution in [-0.2, 0) is 11.3 Å². The van der Waals surface area contributed by atoms with Crippen LogP contribution in [0.25, 0.3) is 0 Å². The highest BCUT2D eigenvalue weighted by atomic mass is 32.2. The zero-order valence-electron chi connectivity index (χ0n) is 8.56. The predicted octanol–water partition coefficient (Wildman–Crippen LogP) is 0.631. The van der Waals surface area contributed by atoms with Crippen molar-refractivity contribution in [2.75, 3.05) is 19.1 Å². The van der Waals surface area contributed by atoms with Gasteiger partial charge >= 0.3 is 0 Å². The van der Waals surface area contributed by atoms with E-state index < -0.39 is 0 Å². The van der Waals surface area contributed by atoms with Crippen LogP contribution in [0.5, 0.6) is 0 Å². The highest BCUT2D eigenvalue weighted by molar-refractivity contribution is 7.99. The van der Waals surface area contributed by atoms with Crippen LogP contribution in [0.15, 0.2) is 5.16 Å². The first-order valence-electron chi connectivity index (χ1n) is 4.60. The number of nitrogens with zero attached hydrogens (tertiary/aromatic N) is 3. The van der Waals surface area contributed by atoms with Crippen molar-refractivity contribution in [1.82, 2.24) is 14.8 Å². The van der Waals surface area contributed by atoms with Gasteiger partial charge in [-0.15, -0.1) is 10.2 Å². The van der Waals surface area contributed by atoms with Gasteiger partial charge in [0.2, 0.25) is 0 Å². The van der Waals surface area contributed by atoms with Crippen LogP contribution in [0, 0.1) is 6.92 Å². The van der Waals surface area contributed by atoms with Gasteiger partial charge in [0.15, 0.2) is 5.16 Å². The van der Waals surface area contributed by atoms with Crippen LogP contribution in [0.3, 0.4) is 0 Å². The van der Waals surface area contributed by atoms with E-state index >= 15 is 0 Å². The number of hydrogen-bond donors (Lipinski definition) is 1. The molecular formula is C8H16N4OS. The van der Waals surface area contributed by atoms with Gasteiger partial charge in [-0.1, -0.05) is 11.8 Å². The molecular weight excluding hydrogens is 200 g/mol. The molecule has 14 heavy (non-hydrogen) atoms. The Morgan fingerprint density at radius 3 is 2.93 bits per heavy atom. The lowest BCUT2D eigenvalue weighted by molar-refractivity contribution is 0.199. The Morgan fingerprint density at radius 2 is 2.29 bits per heavy atom. The first-order valence-corrected chi connectivity index (χ1v) is 5.58. The van der Waals surface area contributed by atoms with Crippen molar-refractivity contribution in [3.63, 3.8) is 0 Å². The molecule has 0 saturated heterocycles. The smallest absolute Gasteiger partial charge is 0.193 e. The van der Waals surface area contributed by atoms with Crippen LogP contribution in [0.4, 0.5) is 0 Å². The minimum absolute atomic E-state index is 0.598. The van der Waals surface area contributed by atoms with Crippen LogP contribution in [-0.4, -0.2) is 33.9 Å². The van der Waals surface area contributed by atoms with Gasteiger partial charge in [0.05, 0.1) is 5.94 Å². The van der Waals surface area contributed by atoms with Crippen LogP contribution in [0.1, 0.15) is 12.7 Å². The Labute approximate surface area is 88.0 Å². The highest BCUT2D eigenvalue weighted by Gasteiger charge is 2.07. The van der Waals surface area contributed by atoms with E-state index in [0.29, 0.717) is 12.5 Å². The molecule has 6 heteroatoms. The number of thioether (sulfide) groups is 1. The molecule has 0 amide bonds. The molecule has 0 unspecified atom stereocenters. The van der Waals surface area contributed by atoms with Crippen molar-refractivity contribution in [3.8, 4) is 0 Å². The molecule has 0 spiro atoms. The van der Waals surface area contributed by atoms with Gasteiger partial charge in [-0.25, -0.2) is 0 Å². The van der Waals surface area contributed by atoms with E-state index in [9.17, 15) is 0 Å². The largest absolute Gasteiger partial charge is 0.371 e. The molecule has 0 saturated carbocycles. The summed E-state index contributed by atoms with van der Waals surface area (Å²) in [7, 11) is 0. The minimum Gasteiger partial charge on any atom is -0.371 e. The van der Waals surface area contributed by atoms with Crippen molar-refractivity contribution >= 4 is 11.8 Å². The lowest BCUT2D eigenvalue weighted by Crippen LogP contribution is -2.12. The van der Waals surface area contributed by atoms with Gasteiger partial charge in [0.25, 0.3) is 0 Å². The van der Waals surface area contributed by atoms with Crippen molar-refractivity contribution in [2.24, 2.45) is 5.73 Å². The first kappa shape index (κ1) is 11.5. The molecule has 80 valence electrons. The number of rotatable bonds is 6. The first-order chi connectivity index (χ1) is 6.79. The van der Waals surface area contributed by atoms with Crippen LogP contribution < -0.4 is 5.73 Å². The maximum absolute atomic E-state index is 5.50. The lowest BCUT2D eigenvalue weighted by Gasteiger charge is -2.05. The second-order valence-corrected chi connectivity index (χ2v) is 3.61. The summed E-state index contributed by atoms with van der Waals surface area (Å²) in [4.78, 5) is 0. The van der Waals surface area contributed by atoms with Gasteiger partial charge in [-0.05, 0) is 13.8 Å². The maximum Gasteiger partial charge on any atom is 0.193 e. The molecule has 1 rings (SSSR count). The lowest BCUT2D eigenvalue weighted by atomic mass is 10.6. The fraction of sp³-hybridized carbons (Fsp3) is 0.750. The minimum atomic E-state index is 0.598. The Kier molecular flexibility index (Phi) is 4.92. The normalized spacial score (nSPS) is 10.8. The zero-order valence-corrected chi connectivity index (χ0v) is 9.38.